The maximum atomic E-state index is 10.9. The normalized spacial score (nSPS) is 12.6. The number of aromatic hydroxyl groups is 1. The van der Waals surface area contributed by atoms with Gasteiger partial charge in [-0.3, -0.25) is 0 Å². The molecule has 5 aromatic carbocycles. The van der Waals surface area contributed by atoms with E-state index in [1.54, 1.807) is 6.07 Å². The Bertz CT molecular complexity index is 2050. The number of fused-ring (bicyclic) bond motifs is 6. The van der Waals surface area contributed by atoms with Gasteiger partial charge in [0.2, 0.25) is 5.88 Å². The van der Waals surface area contributed by atoms with Crippen LogP contribution in [0.15, 0.2) is 121 Å². The molecule has 1 heterocycles. The van der Waals surface area contributed by atoms with Gasteiger partial charge < -0.3 is 9.84 Å². The second-order valence-electron chi connectivity index (χ2n) is 12.8. The number of phenolic OH excluding ortho intramolecular Hbond substituents is 1. The van der Waals surface area contributed by atoms with Crippen LogP contribution in [0.25, 0.3) is 44.9 Å². The van der Waals surface area contributed by atoms with Crippen molar-refractivity contribution in [1.29, 1.82) is 0 Å². The molecule has 1 atom stereocenters. The van der Waals surface area contributed by atoms with E-state index in [0.717, 1.165) is 36.9 Å². The van der Waals surface area contributed by atoms with Crippen LogP contribution in [0.4, 0.5) is 0 Å². The summed E-state index contributed by atoms with van der Waals surface area (Å²) in [5.41, 5.74) is 12.4. The summed E-state index contributed by atoms with van der Waals surface area (Å²) in [6.45, 7) is 5.05. The standard InChI is InChI=1S/C44H42N2O2/c1-3-5-15-30(4-2)29-48-42-28-40(45-44(46-42)39-23-12-13-25-41(39)47)38-24-14-19-34-27-32-17-7-10-21-36(32)35-20-9-6-16-31(35)26-33-18-8-11-22-37(33)43(34)38/h6-14,16-25,28,30,47H,3-5,15,26-27,29H2,1-2H3. The molecule has 0 bridgehead atoms. The molecule has 4 heteroatoms. The second-order valence-corrected chi connectivity index (χ2v) is 12.8. The smallest absolute Gasteiger partial charge is 0.217 e. The maximum absolute atomic E-state index is 10.9. The highest BCUT2D eigenvalue weighted by Gasteiger charge is 2.22. The average Bonchev–Trinajstić information content (AvgIpc) is 3.12. The predicted molar refractivity (Wildman–Crippen MR) is 196 cm³/mol. The van der Waals surface area contributed by atoms with E-state index < -0.39 is 0 Å². The molecule has 7 rings (SSSR count). The highest BCUT2D eigenvalue weighted by molar-refractivity contribution is 5.88. The molecule has 0 fully saturated rings. The van der Waals surface area contributed by atoms with Gasteiger partial charge in [0, 0.05) is 11.6 Å². The number of para-hydroxylation sites is 1. The zero-order valence-electron chi connectivity index (χ0n) is 27.8. The first-order valence-corrected chi connectivity index (χ1v) is 17.3. The van der Waals surface area contributed by atoms with Crippen LogP contribution in [0.5, 0.6) is 11.6 Å². The number of rotatable bonds is 9. The van der Waals surface area contributed by atoms with Crippen LogP contribution >= 0.6 is 0 Å². The molecule has 6 aromatic rings. The first-order chi connectivity index (χ1) is 23.6. The minimum absolute atomic E-state index is 0.145. The molecule has 0 saturated heterocycles. The molecule has 1 aromatic heterocycles. The molecule has 240 valence electrons. The number of benzene rings is 5. The fourth-order valence-electron chi connectivity index (χ4n) is 7.00. The van der Waals surface area contributed by atoms with Crippen molar-refractivity contribution in [3.8, 4) is 56.5 Å². The Morgan fingerprint density at radius 3 is 1.85 bits per heavy atom. The monoisotopic (exact) mass is 630 g/mol. The summed E-state index contributed by atoms with van der Waals surface area (Å²) in [7, 11) is 0. The molecule has 0 spiro atoms. The predicted octanol–water partition coefficient (Wildman–Crippen LogP) is 10.9. The lowest BCUT2D eigenvalue weighted by atomic mass is 9.82. The Kier molecular flexibility index (Phi) is 9.33. The topological polar surface area (TPSA) is 55.2 Å². The largest absolute Gasteiger partial charge is 0.507 e. The number of ether oxygens (including phenoxy) is 1. The van der Waals surface area contributed by atoms with Crippen molar-refractivity contribution in [2.75, 3.05) is 6.61 Å². The van der Waals surface area contributed by atoms with Crippen molar-refractivity contribution in [1.82, 2.24) is 9.97 Å². The van der Waals surface area contributed by atoms with E-state index in [0.29, 0.717) is 29.8 Å². The van der Waals surface area contributed by atoms with Crippen molar-refractivity contribution >= 4 is 0 Å². The molecule has 0 amide bonds. The van der Waals surface area contributed by atoms with E-state index in [1.165, 1.54) is 57.3 Å². The zero-order valence-corrected chi connectivity index (χ0v) is 27.8. The molecule has 4 nitrogen and oxygen atoms in total. The zero-order chi connectivity index (χ0) is 32.9. The van der Waals surface area contributed by atoms with Gasteiger partial charge in [-0.25, -0.2) is 4.98 Å². The SMILES string of the molecule is CCCCC(CC)COc1cc(-c2cccc3c2-c2ccccc2Cc2ccccc2-c2ccccc2C3)nc(-c2ccccc2O)n1. The minimum atomic E-state index is 0.145. The molecule has 0 radical (unpaired) electrons. The Labute approximate surface area is 284 Å². The summed E-state index contributed by atoms with van der Waals surface area (Å²) in [5, 5.41) is 10.9. The first-order valence-electron chi connectivity index (χ1n) is 17.3. The van der Waals surface area contributed by atoms with E-state index in [1.807, 2.05) is 24.3 Å². The maximum Gasteiger partial charge on any atom is 0.217 e. The van der Waals surface area contributed by atoms with Crippen LogP contribution in [0, 0.1) is 5.92 Å². The third-order valence-electron chi connectivity index (χ3n) is 9.66. The van der Waals surface area contributed by atoms with Crippen molar-refractivity contribution in [2.24, 2.45) is 5.92 Å². The molecule has 48 heavy (non-hydrogen) atoms. The number of hydrogen-bond acceptors (Lipinski definition) is 4. The molecule has 1 aliphatic rings. The minimum Gasteiger partial charge on any atom is -0.507 e. The van der Waals surface area contributed by atoms with Gasteiger partial charge in [-0.05, 0) is 81.8 Å². The second kappa shape index (κ2) is 14.3. The highest BCUT2D eigenvalue weighted by Crippen LogP contribution is 2.42. The van der Waals surface area contributed by atoms with Gasteiger partial charge >= 0.3 is 0 Å². The summed E-state index contributed by atoms with van der Waals surface area (Å²) in [5.74, 6) is 1.58. The lowest BCUT2D eigenvalue weighted by Crippen LogP contribution is -2.12. The van der Waals surface area contributed by atoms with E-state index in [2.05, 4.69) is 105 Å². The third kappa shape index (κ3) is 6.48. The van der Waals surface area contributed by atoms with Gasteiger partial charge in [0.25, 0.3) is 0 Å². The van der Waals surface area contributed by atoms with Crippen LogP contribution in [0.1, 0.15) is 61.8 Å². The Morgan fingerprint density at radius 2 is 1.19 bits per heavy atom. The number of aromatic nitrogens is 2. The van der Waals surface area contributed by atoms with Crippen molar-refractivity contribution in [2.45, 2.75) is 52.4 Å². The fraction of sp³-hybridized carbons (Fsp3) is 0.227. The van der Waals surface area contributed by atoms with Gasteiger partial charge in [0.05, 0.1) is 17.9 Å². The number of hydrogen-bond donors (Lipinski definition) is 1. The van der Waals surface area contributed by atoms with E-state index >= 15 is 0 Å². The van der Waals surface area contributed by atoms with Gasteiger partial charge in [0.1, 0.15) is 5.75 Å². The van der Waals surface area contributed by atoms with E-state index in [-0.39, 0.29) is 5.75 Å². The number of unbranched alkanes of at least 4 members (excludes halogenated alkanes) is 1. The van der Waals surface area contributed by atoms with Crippen LogP contribution in [-0.4, -0.2) is 21.7 Å². The van der Waals surface area contributed by atoms with Gasteiger partial charge in [-0.2, -0.15) is 4.98 Å². The van der Waals surface area contributed by atoms with Gasteiger partial charge in [-0.15, -0.1) is 0 Å². The number of phenols is 1. The number of nitrogens with zero attached hydrogens (tertiary/aromatic N) is 2. The van der Waals surface area contributed by atoms with Crippen LogP contribution in [0.2, 0.25) is 0 Å². The molecule has 0 saturated carbocycles. The average molecular weight is 631 g/mol. The summed E-state index contributed by atoms with van der Waals surface area (Å²) in [4.78, 5) is 9.99. The molecular weight excluding hydrogens is 588 g/mol. The highest BCUT2D eigenvalue weighted by atomic mass is 16.5. The summed E-state index contributed by atoms with van der Waals surface area (Å²) < 4.78 is 6.47. The summed E-state index contributed by atoms with van der Waals surface area (Å²) in [6.07, 6.45) is 6.12. The lowest BCUT2D eigenvalue weighted by molar-refractivity contribution is 0.226. The van der Waals surface area contributed by atoms with Gasteiger partial charge in [0.15, 0.2) is 5.82 Å². The molecule has 1 N–H and O–H groups in total. The van der Waals surface area contributed by atoms with E-state index in [4.69, 9.17) is 14.7 Å². The van der Waals surface area contributed by atoms with Crippen LogP contribution in [0.3, 0.4) is 0 Å². The Balaban J connectivity index is 1.42. The molecule has 0 aliphatic heterocycles. The quantitative estimate of drug-likeness (QED) is 0.172. The van der Waals surface area contributed by atoms with Crippen molar-refractivity contribution in [3.05, 3.63) is 144 Å². The van der Waals surface area contributed by atoms with Crippen LogP contribution in [-0.2, 0) is 12.8 Å². The van der Waals surface area contributed by atoms with Gasteiger partial charge in [-0.1, -0.05) is 136 Å². The Hall–Kier alpha value is -5.22. The molecule has 1 unspecified atom stereocenters. The van der Waals surface area contributed by atoms with E-state index in [9.17, 15) is 5.11 Å². The summed E-state index contributed by atoms with van der Waals surface area (Å²) >= 11 is 0. The molecule has 1 aliphatic carbocycles. The third-order valence-corrected chi connectivity index (χ3v) is 9.66. The lowest BCUT2D eigenvalue weighted by Gasteiger charge is -2.23. The Morgan fingerprint density at radius 1 is 0.625 bits per heavy atom. The fourth-order valence-corrected chi connectivity index (χ4v) is 7.00. The first kappa shape index (κ1) is 31.4. The van der Waals surface area contributed by atoms with Crippen LogP contribution < -0.4 is 4.74 Å². The van der Waals surface area contributed by atoms with Crippen molar-refractivity contribution in [3.63, 3.8) is 0 Å². The summed E-state index contributed by atoms with van der Waals surface area (Å²) in [6, 6.07) is 42.2. The molecular formula is C44H42N2O2. The van der Waals surface area contributed by atoms with Crippen molar-refractivity contribution < 1.29 is 9.84 Å².